The van der Waals surface area contributed by atoms with E-state index in [1.165, 1.54) is 0 Å². The number of carbonyl (C=O) groups is 1. The van der Waals surface area contributed by atoms with Crippen LogP contribution in [-0.2, 0) is 6.54 Å². The van der Waals surface area contributed by atoms with E-state index >= 15 is 0 Å². The van der Waals surface area contributed by atoms with Crippen LogP contribution in [0.15, 0.2) is 71.5 Å². The number of anilines is 1. The molecule has 0 aliphatic heterocycles. The highest BCUT2D eigenvalue weighted by atomic mass is 16.5. The van der Waals surface area contributed by atoms with E-state index in [4.69, 9.17) is 9.15 Å². The Morgan fingerprint density at radius 2 is 1.96 bits per heavy atom. The number of benzene rings is 1. The smallest absolute Gasteiger partial charge is 0.259 e. The van der Waals surface area contributed by atoms with Gasteiger partial charge in [0.15, 0.2) is 0 Å². The van der Waals surface area contributed by atoms with E-state index < -0.39 is 0 Å². The van der Waals surface area contributed by atoms with Crippen LogP contribution in [0.25, 0.3) is 0 Å². The standard InChI is InChI=1S/C20H20N2O3/c1-2-13-24-17-10-8-16(9-11-17)20(23)22(15-18-6-5-14-25-18)19-7-3-4-12-21-19/h3-12,14H,2,13,15H2,1H3. The maximum atomic E-state index is 13.0. The Balaban J connectivity index is 1.83. The second kappa shape index (κ2) is 8.15. The summed E-state index contributed by atoms with van der Waals surface area (Å²) >= 11 is 0. The van der Waals surface area contributed by atoms with Crippen LogP contribution < -0.4 is 9.64 Å². The fourth-order valence-electron chi connectivity index (χ4n) is 2.40. The highest BCUT2D eigenvalue weighted by molar-refractivity contribution is 6.05. The summed E-state index contributed by atoms with van der Waals surface area (Å²) in [5.74, 6) is 1.89. The third-order valence-electron chi connectivity index (χ3n) is 3.64. The summed E-state index contributed by atoms with van der Waals surface area (Å²) in [7, 11) is 0. The van der Waals surface area contributed by atoms with Gasteiger partial charge in [-0.25, -0.2) is 4.98 Å². The van der Waals surface area contributed by atoms with Crippen molar-refractivity contribution in [3.8, 4) is 5.75 Å². The summed E-state index contributed by atoms with van der Waals surface area (Å²) in [6.45, 7) is 3.03. The van der Waals surface area contributed by atoms with Crippen molar-refractivity contribution in [2.45, 2.75) is 19.9 Å². The first kappa shape index (κ1) is 16.8. The Morgan fingerprint density at radius 1 is 1.12 bits per heavy atom. The van der Waals surface area contributed by atoms with Gasteiger partial charge in [0.2, 0.25) is 0 Å². The molecule has 0 aliphatic carbocycles. The van der Waals surface area contributed by atoms with Crippen molar-refractivity contribution >= 4 is 11.7 Å². The average molecular weight is 336 g/mol. The van der Waals surface area contributed by atoms with Crippen LogP contribution in [0.1, 0.15) is 29.5 Å². The van der Waals surface area contributed by atoms with Gasteiger partial charge in [0.1, 0.15) is 17.3 Å². The lowest BCUT2D eigenvalue weighted by Gasteiger charge is -2.21. The van der Waals surface area contributed by atoms with E-state index in [0.717, 1.165) is 12.2 Å². The average Bonchev–Trinajstić information content (AvgIpc) is 3.18. The summed E-state index contributed by atoms with van der Waals surface area (Å²) < 4.78 is 11.0. The minimum atomic E-state index is -0.142. The molecular weight excluding hydrogens is 316 g/mol. The van der Waals surface area contributed by atoms with Crippen LogP contribution >= 0.6 is 0 Å². The molecule has 3 rings (SSSR count). The van der Waals surface area contributed by atoms with Crippen molar-refractivity contribution in [1.82, 2.24) is 4.98 Å². The fraction of sp³-hybridized carbons (Fsp3) is 0.200. The predicted molar refractivity (Wildman–Crippen MR) is 95.7 cm³/mol. The molecular formula is C20H20N2O3. The van der Waals surface area contributed by atoms with E-state index in [1.54, 1.807) is 41.6 Å². The maximum Gasteiger partial charge on any atom is 0.259 e. The quantitative estimate of drug-likeness (QED) is 0.645. The number of hydrogen-bond donors (Lipinski definition) is 0. The molecule has 3 aromatic rings. The second-order valence-corrected chi connectivity index (χ2v) is 5.53. The normalized spacial score (nSPS) is 10.4. The number of amides is 1. The minimum Gasteiger partial charge on any atom is -0.494 e. The lowest BCUT2D eigenvalue weighted by molar-refractivity contribution is 0.0982. The molecule has 128 valence electrons. The van der Waals surface area contributed by atoms with Crippen LogP contribution in [-0.4, -0.2) is 17.5 Å². The van der Waals surface area contributed by atoms with Crippen LogP contribution in [0.4, 0.5) is 5.82 Å². The molecule has 1 amide bonds. The second-order valence-electron chi connectivity index (χ2n) is 5.53. The van der Waals surface area contributed by atoms with Gasteiger partial charge < -0.3 is 9.15 Å². The van der Waals surface area contributed by atoms with E-state index in [9.17, 15) is 4.79 Å². The van der Waals surface area contributed by atoms with Gasteiger partial charge in [0.25, 0.3) is 5.91 Å². The van der Waals surface area contributed by atoms with Crippen molar-refractivity contribution in [2.24, 2.45) is 0 Å². The first-order valence-corrected chi connectivity index (χ1v) is 8.26. The van der Waals surface area contributed by atoms with Gasteiger partial charge in [-0.3, -0.25) is 9.69 Å². The van der Waals surface area contributed by atoms with Crippen LogP contribution in [0.2, 0.25) is 0 Å². The summed E-state index contributed by atoms with van der Waals surface area (Å²) in [5.41, 5.74) is 0.570. The van der Waals surface area contributed by atoms with Crippen LogP contribution in [0, 0.1) is 0 Å². The molecule has 0 saturated heterocycles. The fourth-order valence-corrected chi connectivity index (χ4v) is 2.40. The molecule has 0 unspecified atom stereocenters. The molecule has 25 heavy (non-hydrogen) atoms. The SMILES string of the molecule is CCCOc1ccc(C(=O)N(Cc2ccco2)c2ccccn2)cc1. The molecule has 1 aromatic carbocycles. The lowest BCUT2D eigenvalue weighted by atomic mass is 10.2. The number of aromatic nitrogens is 1. The van der Waals surface area contributed by atoms with Gasteiger partial charge >= 0.3 is 0 Å². The van der Waals surface area contributed by atoms with E-state index in [2.05, 4.69) is 11.9 Å². The third-order valence-corrected chi connectivity index (χ3v) is 3.64. The van der Waals surface area contributed by atoms with E-state index in [0.29, 0.717) is 30.3 Å². The van der Waals surface area contributed by atoms with E-state index in [-0.39, 0.29) is 5.91 Å². The summed E-state index contributed by atoms with van der Waals surface area (Å²) in [4.78, 5) is 18.9. The topological polar surface area (TPSA) is 55.6 Å². The Labute approximate surface area is 146 Å². The van der Waals surface area contributed by atoms with Crippen molar-refractivity contribution in [2.75, 3.05) is 11.5 Å². The zero-order valence-corrected chi connectivity index (χ0v) is 14.1. The van der Waals surface area contributed by atoms with Gasteiger partial charge in [-0.1, -0.05) is 13.0 Å². The maximum absolute atomic E-state index is 13.0. The van der Waals surface area contributed by atoms with Crippen molar-refractivity contribution < 1.29 is 13.9 Å². The molecule has 0 fully saturated rings. The monoisotopic (exact) mass is 336 g/mol. The number of carbonyl (C=O) groups excluding carboxylic acids is 1. The zero-order valence-electron chi connectivity index (χ0n) is 14.1. The Bertz CT molecular complexity index is 784. The largest absolute Gasteiger partial charge is 0.494 e. The molecule has 5 nitrogen and oxygen atoms in total. The van der Waals surface area contributed by atoms with Crippen molar-refractivity contribution in [1.29, 1.82) is 0 Å². The van der Waals surface area contributed by atoms with Crippen LogP contribution in [0.3, 0.4) is 0 Å². The Hall–Kier alpha value is -3.08. The molecule has 0 aliphatic rings. The van der Waals surface area contributed by atoms with Gasteiger partial charge in [0, 0.05) is 11.8 Å². The van der Waals surface area contributed by atoms with Crippen LogP contribution in [0.5, 0.6) is 5.75 Å². The summed E-state index contributed by atoms with van der Waals surface area (Å²) in [6, 6.07) is 16.3. The van der Waals surface area contributed by atoms with Gasteiger partial charge in [-0.2, -0.15) is 0 Å². The van der Waals surface area contributed by atoms with Crippen molar-refractivity contribution in [3.05, 3.63) is 78.4 Å². The highest BCUT2D eigenvalue weighted by Crippen LogP contribution is 2.20. The lowest BCUT2D eigenvalue weighted by Crippen LogP contribution is -2.31. The number of rotatable bonds is 7. The number of ether oxygens (including phenoxy) is 1. The number of pyridine rings is 1. The molecule has 0 saturated carbocycles. The highest BCUT2D eigenvalue weighted by Gasteiger charge is 2.20. The first-order chi connectivity index (χ1) is 12.3. The summed E-state index contributed by atoms with van der Waals surface area (Å²) in [6.07, 6.45) is 4.20. The van der Waals surface area contributed by atoms with Crippen molar-refractivity contribution in [3.63, 3.8) is 0 Å². The summed E-state index contributed by atoms with van der Waals surface area (Å²) in [5, 5.41) is 0. The molecule has 0 atom stereocenters. The number of hydrogen-bond acceptors (Lipinski definition) is 4. The molecule has 2 aromatic heterocycles. The minimum absolute atomic E-state index is 0.142. The van der Waals surface area contributed by atoms with Gasteiger partial charge in [-0.15, -0.1) is 0 Å². The zero-order chi connectivity index (χ0) is 17.5. The van der Waals surface area contributed by atoms with Gasteiger partial charge in [0.05, 0.1) is 19.4 Å². The van der Waals surface area contributed by atoms with E-state index in [1.807, 2.05) is 30.3 Å². The Morgan fingerprint density at radius 3 is 2.60 bits per heavy atom. The molecule has 0 N–H and O–H groups in total. The molecule has 2 heterocycles. The van der Waals surface area contributed by atoms with Gasteiger partial charge in [-0.05, 0) is 55.0 Å². The molecule has 0 bridgehead atoms. The Kier molecular flexibility index (Phi) is 5.46. The number of nitrogens with zero attached hydrogens (tertiary/aromatic N) is 2. The third kappa shape index (κ3) is 4.26. The molecule has 0 radical (unpaired) electrons. The first-order valence-electron chi connectivity index (χ1n) is 8.26. The molecule has 0 spiro atoms. The predicted octanol–water partition coefficient (Wildman–Crippen LogP) is 4.31. The molecule has 5 heteroatoms. The number of furan rings is 1.